The summed E-state index contributed by atoms with van der Waals surface area (Å²) in [5, 5.41) is 2.91. The van der Waals surface area contributed by atoms with Crippen LogP contribution in [-0.2, 0) is 4.79 Å². The lowest BCUT2D eigenvalue weighted by Crippen LogP contribution is -2.44. The van der Waals surface area contributed by atoms with Crippen molar-refractivity contribution in [1.82, 2.24) is 10.2 Å². The molecule has 1 saturated heterocycles. The van der Waals surface area contributed by atoms with E-state index in [1.165, 1.54) is 0 Å². The van der Waals surface area contributed by atoms with Crippen LogP contribution in [0.4, 0.5) is 0 Å². The highest BCUT2D eigenvalue weighted by Crippen LogP contribution is 2.14. The first-order chi connectivity index (χ1) is 7.11. The number of nitrogens with one attached hydrogen (secondary N) is 1. The summed E-state index contributed by atoms with van der Waals surface area (Å²) in [5.41, 5.74) is 5.62. The second kappa shape index (κ2) is 6.08. The zero-order valence-corrected chi connectivity index (χ0v) is 9.83. The first-order valence-electron chi connectivity index (χ1n) is 5.83. The van der Waals surface area contributed by atoms with Crippen LogP contribution >= 0.6 is 0 Å². The van der Waals surface area contributed by atoms with Gasteiger partial charge in [-0.25, -0.2) is 0 Å². The van der Waals surface area contributed by atoms with Gasteiger partial charge in [0.25, 0.3) is 0 Å². The highest BCUT2D eigenvalue weighted by Gasteiger charge is 2.19. The summed E-state index contributed by atoms with van der Waals surface area (Å²) >= 11 is 0. The van der Waals surface area contributed by atoms with Gasteiger partial charge in [-0.1, -0.05) is 0 Å². The summed E-state index contributed by atoms with van der Waals surface area (Å²) in [6, 6.07) is 0.235. The quantitative estimate of drug-likeness (QED) is 0.700. The van der Waals surface area contributed by atoms with Crippen molar-refractivity contribution in [2.45, 2.75) is 32.7 Å². The second-order valence-corrected chi connectivity index (χ2v) is 4.68. The molecule has 1 aliphatic heterocycles. The molecule has 4 heteroatoms. The van der Waals surface area contributed by atoms with E-state index in [4.69, 9.17) is 5.73 Å². The molecule has 1 heterocycles. The van der Waals surface area contributed by atoms with Crippen LogP contribution in [0.2, 0.25) is 0 Å². The highest BCUT2D eigenvalue weighted by molar-refractivity contribution is 5.78. The van der Waals surface area contributed by atoms with E-state index in [0.717, 1.165) is 32.5 Å². The summed E-state index contributed by atoms with van der Waals surface area (Å²) in [7, 11) is 0. The lowest BCUT2D eigenvalue weighted by Gasteiger charge is -2.30. The molecule has 0 aliphatic carbocycles. The smallest absolute Gasteiger partial charge is 0.234 e. The Balaban J connectivity index is 2.20. The average molecular weight is 213 g/mol. The minimum Gasteiger partial charge on any atom is -0.353 e. The molecule has 0 aromatic carbocycles. The number of amides is 1. The largest absolute Gasteiger partial charge is 0.353 e. The molecule has 0 aromatic rings. The third kappa shape index (κ3) is 4.62. The number of hydrogen-bond donors (Lipinski definition) is 2. The van der Waals surface area contributed by atoms with Crippen molar-refractivity contribution in [3.63, 3.8) is 0 Å². The fraction of sp³-hybridized carbons (Fsp3) is 0.909. The van der Waals surface area contributed by atoms with E-state index in [0.29, 0.717) is 12.5 Å². The predicted octanol–water partition coefficient (Wildman–Crippen LogP) is 0.182. The zero-order chi connectivity index (χ0) is 11.3. The molecular weight excluding hydrogens is 190 g/mol. The molecule has 15 heavy (non-hydrogen) atoms. The number of piperidine rings is 1. The lowest BCUT2D eigenvalue weighted by molar-refractivity contribution is -0.123. The normalized spacial score (nSPS) is 19.5. The number of likely N-dealkylation sites (tertiary alicyclic amines) is 1. The third-order valence-electron chi connectivity index (χ3n) is 2.86. The summed E-state index contributed by atoms with van der Waals surface area (Å²) in [5.74, 6) is 0.797. The molecule has 0 saturated carbocycles. The molecule has 0 atom stereocenters. The fourth-order valence-electron chi connectivity index (χ4n) is 1.95. The van der Waals surface area contributed by atoms with Crippen molar-refractivity contribution < 1.29 is 4.79 Å². The van der Waals surface area contributed by atoms with E-state index in [1.54, 1.807) is 0 Å². The molecular formula is C11H23N3O. The number of hydrogen-bond acceptors (Lipinski definition) is 3. The summed E-state index contributed by atoms with van der Waals surface area (Å²) in [6.07, 6.45) is 2.26. The zero-order valence-electron chi connectivity index (χ0n) is 9.83. The van der Waals surface area contributed by atoms with Crippen molar-refractivity contribution in [2.24, 2.45) is 11.7 Å². The van der Waals surface area contributed by atoms with E-state index in [1.807, 2.05) is 13.8 Å². The van der Waals surface area contributed by atoms with Gasteiger partial charge < -0.3 is 11.1 Å². The van der Waals surface area contributed by atoms with Gasteiger partial charge in [0.1, 0.15) is 0 Å². The Labute approximate surface area is 92.2 Å². The first-order valence-corrected chi connectivity index (χ1v) is 5.83. The number of nitrogens with two attached hydrogens (primary N) is 1. The SMILES string of the molecule is CC(C)NC(=O)CN1CCC(CN)CC1. The van der Waals surface area contributed by atoms with E-state index in [9.17, 15) is 4.79 Å². The molecule has 88 valence electrons. The lowest BCUT2D eigenvalue weighted by atomic mass is 9.97. The molecule has 1 amide bonds. The standard InChI is InChI=1S/C11H23N3O/c1-9(2)13-11(15)8-14-5-3-10(7-12)4-6-14/h9-10H,3-8,12H2,1-2H3,(H,13,15). The van der Waals surface area contributed by atoms with E-state index >= 15 is 0 Å². The fourth-order valence-corrected chi connectivity index (χ4v) is 1.95. The van der Waals surface area contributed by atoms with Crippen LogP contribution in [0.1, 0.15) is 26.7 Å². The second-order valence-electron chi connectivity index (χ2n) is 4.68. The minimum atomic E-state index is 0.135. The van der Waals surface area contributed by atoms with Crippen molar-refractivity contribution in [2.75, 3.05) is 26.2 Å². The maximum absolute atomic E-state index is 11.5. The van der Waals surface area contributed by atoms with Crippen LogP contribution < -0.4 is 11.1 Å². The first kappa shape index (κ1) is 12.5. The maximum Gasteiger partial charge on any atom is 0.234 e. The Morgan fingerprint density at radius 1 is 1.47 bits per heavy atom. The Hall–Kier alpha value is -0.610. The molecule has 0 radical (unpaired) electrons. The van der Waals surface area contributed by atoms with Crippen LogP contribution in [0.5, 0.6) is 0 Å². The number of carbonyl (C=O) groups is 1. The van der Waals surface area contributed by atoms with Crippen molar-refractivity contribution in [3.8, 4) is 0 Å². The summed E-state index contributed by atoms with van der Waals surface area (Å²) < 4.78 is 0. The van der Waals surface area contributed by atoms with Crippen molar-refractivity contribution in [1.29, 1.82) is 0 Å². The Morgan fingerprint density at radius 2 is 2.07 bits per heavy atom. The Bertz CT molecular complexity index is 198. The summed E-state index contributed by atoms with van der Waals surface area (Å²) in [4.78, 5) is 13.7. The van der Waals surface area contributed by atoms with Gasteiger partial charge in [0.15, 0.2) is 0 Å². The Morgan fingerprint density at radius 3 is 2.53 bits per heavy atom. The molecule has 1 aliphatic rings. The van der Waals surface area contributed by atoms with Gasteiger partial charge in [0.05, 0.1) is 6.54 Å². The third-order valence-corrected chi connectivity index (χ3v) is 2.86. The van der Waals surface area contributed by atoms with Crippen LogP contribution in [-0.4, -0.2) is 43.0 Å². The van der Waals surface area contributed by atoms with Crippen LogP contribution in [0.15, 0.2) is 0 Å². The molecule has 4 nitrogen and oxygen atoms in total. The molecule has 0 bridgehead atoms. The topological polar surface area (TPSA) is 58.4 Å². The van der Waals surface area contributed by atoms with E-state index in [2.05, 4.69) is 10.2 Å². The van der Waals surface area contributed by atoms with Crippen LogP contribution in [0, 0.1) is 5.92 Å². The molecule has 0 unspecified atom stereocenters. The Kier molecular flexibility index (Phi) is 5.05. The number of rotatable bonds is 4. The van der Waals surface area contributed by atoms with Crippen molar-refractivity contribution >= 4 is 5.91 Å². The average Bonchev–Trinajstić information content (AvgIpc) is 2.17. The maximum atomic E-state index is 11.5. The molecule has 0 aromatic heterocycles. The predicted molar refractivity (Wildman–Crippen MR) is 61.5 cm³/mol. The minimum absolute atomic E-state index is 0.135. The number of nitrogens with zero attached hydrogens (tertiary/aromatic N) is 1. The van der Waals surface area contributed by atoms with Gasteiger partial charge in [-0.15, -0.1) is 0 Å². The molecule has 1 rings (SSSR count). The van der Waals surface area contributed by atoms with Gasteiger partial charge in [-0.05, 0) is 52.2 Å². The summed E-state index contributed by atoms with van der Waals surface area (Å²) in [6.45, 7) is 7.30. The van der Waals surface area contributed by atoms with E-state index in [-0.39, 0.29) is 11.9 Å². The van der Waals surface area contributed by atoms with Crippen molar-refractivity contribution in [3.05, 3.63) is 0 Å². The van der Waals surface area contributed by atoms with Gasteiger partial charge in [-0.3, -0.25) is 9.69 Å². The number of carbonyl (C=O) groups excluding carboxylic acids is 1. The van der Waals surface area contributed by atoms with Crippen LogP contribution in [0.25, 0.3) is 0 Å². The molecule has 1 fully saturated rings. The van der Waals surface area contributed by atoms with Gasteiger partial charge in [-0.2, -0.15) is 0 Å². The molecule has 3 N–H and O–H groups in total. The highest BCUT2D eigenvalue weighted by atomic mass is 16.2. The van der Waals surface area contributed by atoms with Gasteiger partial charge >= 0.3 is 0 Å². The molecule has 0 spiro atoms. The van der Waals surface area contributed by atoms with E-state index < -0.39 is 0 Å². The van der Waals surface area contributed by atoms with Gasteiger partial charge in [0, 0.05) is 6.04 Å². The van der Waals surface area contributed by atoms with Crippen LogP contribution in [0.3, 0.4) is 0 Å². The monoisotopic (exact) mass is 213 g/mol. The van der Waals surface area contributed by atoms with Gasteiger partial charge in [0.2, 0.25) is 5.91 Å².